The Labute approximate surface area is 218 Å². The second kappa shape index (κ2) is 11.2. The minimum Gasteiger partial charge on any atom is -0.483 e. The predicted molar refractivity (Wildman–Crippen MR) is 142 cm³/mol. The van der Waals surface area contributed by atoms with Crippen LogP contribution in [-0.4, -0.2) is 42.7 Å². The molecule has 3 aromatic carbocycles. The van der Waals surface area contributed by atoms with Gasteiger partial charge in [0.05, 0.1) is 0 Å². The highest BCUT2D eigenvalue weighted by atomic mass is 19.1. The Morgan fingerprint density at radius 1 is 0.946 bits per heavy atom. The predicted octanol–water partition coefficient (Wildman–Crippen LogP) is 6.29. The van der Waals surface area contributed by atoms with Crippen LogP contribution in [0.15, 0.2) is 66.7 Å². The zero-order chi connectivity index (χ0) is 25.8. The number of likely N-dealkylation sites (tertiary alicyclic amines) is 1. The molecule has 0 spiro atoms. The van der Waals surface area contributed by atoms with Gasteiger partial charge in [-0.05, 0) is 86.9 Å². The highest BCUT2D eigenvalue weighted by Gasteiger charge is 2.26. The Kier molecular flexibility index (Phi) is 7.63. The summed E-state index contributed by atoms with van der Waals surface area (Å²) in [5.74, 6) is 2.60. The summed E-state index contributed by atoms with van der Waals surface area (Å²) >= 11 is 0. The largest absolute Gasteiger partial charge is 0.483 e. The first-order chi connectivity index (χ1) is 18.0. The number of hydrogen-bond acceptors (Lipinski definition) is 4. The Morgan fingerprint density at radius 2 is 1.65 bits per heavy atom. The summed E-state index contributed by atoms with van der Waals surface area (Å²) in [4.78, 5) is 14.8. The minimum atomic E-state index is -0.281. The molecule has 0 radical (unpaired) electrons. The van der Waals surface area contributed by atoms with Crippen LogP contribution in [0.5, 0.6) is 17.2 Å². The van der Waals surface area contributed by atoms with Gasteiger partial charge in [-0.1, -0.05) is 36.4 Å². The number of piperidine rings is 1. The fourth-order valence-electron chi connectivity index (χ4n) is 5.02. The molecular formula is C31H34FNO4. The maximum atomic E-state index is 13.3. The molecule has 3 aromatic rings. The summed E-state index contributed by atoms with van der Waals surface area (Å²) in [5, 5.41) is 0. The average molecular weight is 504 g/mol. The Hall–Kier alpha value is -3.54. The molecule has 2 aliphatic heterocycles. The van der Waals surface area contributed by atoms with Crippen LogP contribution in [0.3, 0.4) is 0 Å². The van der Waals surface area contributed by atoms with Gasteiger partial charge in [-0.2, -0.15) is 0 Å². The van der Waals surface area contributed by atoms with Crippen LogP contribution in [0.2, 0.25) is 0 Å². The third-order valence-corrected chi connectivity index (χ3v) is 7.50. The van der Waals surface area contributed by atoms with Crippen molar-refractivity contribution in [2.75, 3.05) is 19.7 Å². The zero-order valence-corrected chi connectivity index (χ0v) is 21.5. The molecule has 0 N–H and O–H groups in total. The summed E-state index contributed by atoms with van der Waals surface area (Å²) in [7, 11) is 0. The van der Waals surface area contributed by atoms with Crippen LogP contribution in [-0.2, 0) is 11.2 Å². The van der Waals surface area contributed by atoms with Gasteiger partial charge in [0.25, 0.3) is 5.91 Å². The second-order valence-electron chi connectivity index (χ2n) is 10.1. The first-order valence-corrected chi connectivity index (χ1v) is 13.2. The molecule has 1 fully saturated rings. The van der Waals surface area contributed by atoms with Gasteiger partial charge in [-0.25, -0.2) is 4.39 Å². The summed E-state index contributed by atoms with van der Waals surface area (Å²) in [6.07, 6.45) is 4.18. The van der Waals surface area contributed by atoms with Gasteiger partial charge >= 0.3 is 0 Å². The maximum Gasteiger partial charge on any atom is 0.260 e. The smallest absolute Gasteiger partial charge is 0.260 e. The highest BCUT2D eigenvalue weighted by molar-refractivity contribution is 5.78. The zero-order valence-electron chi connectivity index (χ0n) is 21.5. The van der Waals surface area contributed by atoms with E-state index in [1.165, 1.54) is 17.7 Å². The van der Waals surface area contributed by atoms with Gasteiger partial charge in [-0.15, -0.1) is 0 Å². The van der Waals surface area contributed by atoms with Gasteiger partial charge in [0.15, 0.2) is 18.1 Å². The minimum absolute atomic E-state index is 0.00235. The maximum absolute atomic E-state index is 13.3. The number of carbonyl (C=O) groups is 1. The number of fused-ring (bicyclic) bond motifs is 1. The number of amides is 1. The molecule has 5 nitrogen and oxygen atoms in total. The summed E-state index contributed by atoms with van der Waals surface area (Å²) < 4.78 is 31.2. The van der Waals surface area contributed by atoms with Gasteiger partial charge < -0.3 is 19.1 Å². The lowest BCUT2D eigenvalue weighted by Crippen LogP contribution is -2.41. The number of halogens is 1. The average Bonchev–Trinajstić information content (AvgIpc) is 2.92. The number of para-hydroxylation sites is 1. The van der Waals surface area contributed by atoms with Crippen molar-refractivity contribution in [3.8, 4) is 28.4 Å². The van der Waals surface area contributed by atoms with E-state index in [9.17, 15) is 9.18 Å². The normalized spacial score (nSPS) is 19.5. The SMILES string of the molecule is CC1Oc2ccc(CCC3CCN(C(=O)COc4ccccc4-c4ccc(F)cc4)CC3)cc2OC1C. The van der Waals surface area contributed by atoms with Gasteiger partial charge in [-0.3, -0.25) is 4.79 Å². The van der Waals surface area contributed by atoms with Gasteiger partial charge in [0.2, 0.25) is 0 Å². The number of carbonyl (C=O) groups excluding carboxylic acids is 1. The number of hydrogen-bond donors (Lipinski definition) is 0. The molecule has 6 heteroatoms. The van der Waals surface area contributed by atoms with E-state index < -0.39 is 0 Å². The first-order valence-electron chi connectivity index (χ1n) is 13.2. The van der Waals surface area contributed by atoms with Crippen molar-refractivity contribution in [1.82, 2.24) is 4.90 Å². The van der Waals surface area contributed by atoms with Crippen molar-refractivity contribution in [2.24, 2.45) is 5.92 Å². The lowest BCUT2D eigenvalue weighted by atomic mass is 9.90. The van der Waals surface area contributed by atoms with Crippen molar-refractivity contribution in [2.45, 2.75) is 51.7 Å². The van der Waals surface area contributed by atoms with Crippen molar-refractivity contribution in [3.05, 3.63) is 78.1 Å². The number of nitrogens with zero attached hydrogens (tertiary/aromatic N) is 1. The van der Waals surface area contributed by atoms with E-state index in [2.05, 4.69) is 12.1 Å². The molecule has 37 heavy (non-hydrogen) atoms. The van der Waals surface area contributed by atoms with Crippen molar-refractivity contribution < 1.29 is 23.4 Å². The molecule has 0 aliphatic carbocycles. The Bertz CT molecular complexity index is 1220. The van der Waals surface area contributed by atoms with E-state index in [4.69, 9.17) is 14.2 Å². The molecule has 0 aromatic heterocycles. The van der Waals surface area contributed by atoms with E-state index in [0.29, 0.717) is 11.7 Å². The van der Waals surface area contributed by atoms with E-state index in [0.717, 1.165) is 61.4 Å². The van der Waals surface area contributed by atoms with Crippen molar-refractivity contribution >= 4 is 5.91 Å². The highest BCUT2D eigenvalue weighted by Crippen LogP contribution is 2.35. The summed E-state index contributed by atoms with van der Waals surface area (Å²) in [6, 6.07) is 20.1. The molecule has 1 amide bonds. The van der Waals surface area contributed by atoms with E-state index >= 15 is 0 Å². The standard InChI is InChI=1S/C31H34FNO4/c1-21-22(2)37-30-19-24(9-14-29(30)36-21)8-7-23-15-17-33(18-16-23)31(34)20-35-28-6-4-3-5-27(28)25-10-12-26(32)13-11-25/h3-6,9-14,19,21-23H,7-8,15-18,20H2,1-2H3. The summed E-state index contributed by atoms with van der Waals surface area (Å²) in [5.41, 5.74) is 2.96. The molecule has 2 aliphatic rings. The number of aryl methyl sites for hydroxylation is 1. The van der Waals surface area contributed by atoms with Crippen LogP contribution in [0.25, 0.3) is 11.1 Å². The molecule has 2 unspecified atom stereocenters. The van der Waals surface area contributed by atoms with Crippen LogP contribution < -0.4 is 14.2 Å². The lowest BCUT2D eigenvalue weighted by molar-refractivity contribution is -0.134. The van der Waals surface area contributed by atoms with E-state index in [1.54, 1.807) is 12.1 Å². The first kappa shape index (κ1) is 25.1. The molecule has 1 saturated heterocycles. The molecule has 2 heterocycles. The van der Waals surface area contributed by atoms with Crippen molar-refractivity contribution in [1.29, 1.82) is 0 Å². The topological polar surface area (TPSA) is 48.0 Å². The molecule has 0 bridgehead atoms. The summed E-state index contributed by atoms with van der Waals surface area (Å²) in [6.45, 7) is 5.56. The van der Waals surface area contributed by atoms with Crippen LogP contribution in [0.4, 0.5) is 4.39 Å². The second-order valence-corrected chi connectivity index (χ2v) is 10.1. The lowest BCUT2D eigenvalue weighted by Gasteiger charge is -2.32. The molecule has 0 saturated carbocycles. The molecular weight excluding hydrogens is 469 g/mol. The third-order valence-electron chi connectivity index (χ3n) is 7.50. The fourth-order valence-corrected chi connectivity index (χ4v) is 5.02. The fraction of sp³-hybridized carbons (Fsp3) is 0.387. The van der Waals surface area contributed by atoms with Crippen LogP contribution in [0, 0.1) is 11.7 Å². The molecule has 2 atom stereocenters. The number of benzene rings is 3. The number of rotatable bonds is 7. The van der Waals surface area contributed by atoms with Crippen LogP contribution in [0.1, 0.15) is 38.7 Å². The Balaban J connectivity index is 1.09. The van der Waals surface area contributed by atoms with E-state index in [-0.39, 0.29) is 30.5 Å². The monoisotopic (exact) mass is 503 g/mol. The number of ether oxygens (including phenoxy) is 3. The third kappa shape index (κ3) is 6.07. The van der Waals surface area contributed by atoms with E-state index in [1.807, 2.05) is 49.1 Å². The van der Waals surface area contributed by atoms with Crippen molar-refractivity contribution in [3.63, 3.8) is 0 Å². The van der Waals surface area contributed by atoms with Crippen LogP contribution >= 0.6 is 0 Å². The quantitative estimate of drug-likeness (QED) is 0.380. The molecule has 194 valence electrons. The Morgan fingerprint density at radius 3 is 2.41 bits per heavy atom. The van der Waals surface area contributed by atoms with Gasteiger partial charge in [0, 0.05) is 18.7 Å². The van der Waals surface area contributed by atoms with Gasteiger partial charge in [0.1, 0.15) is 23.8 Å². The molecule has 5 rings (SSSR count).